The van der Waals surface area contributed by atoms with E-state index < -0.39 is 5.97 Å². The highest BCUT2D eigenvalue weighted by Gasteiger charge is 2.24. The van der Waals surface area contributed by atoms with Crippen molar-refractivity contribution < 1.29 is 14.3 Å². The fraction of sp³-hybridized carbons (Fsp3) is 0.278. The largest absolute Gasteiger partial charge is 0.459 e. The first kappa shape index (κ1) is 18.6. The Kier molecular flexibility index (Phi) is 5.10. The zero-order valence-electron chi connectivity index (χ0n) is 14.6. The fourth-order valence-corrected chi connectivity index (χ4v) is 3.93. The molecule has 1 fully saturated rings. The van der Waals surface area contributed by atoms with Gasteiger partial charge in [-0.3, -0.25) is 23.7 Å². The molecule has 3 aromatic rings. The summed E-state index contributed by atoms with van der Waals surface area (Å²) in [5, 5.41) is 2.77. The molecule has 1 saturated heterocycles. The lowest BCUT2D eigenvalue weighted by atomic mass is 10.3. The molecule has 8 nitrogen and oxygen atoms in total. The molecule has 0 unspecified atom stereocenters. The number of ether oxygens (including phenoxy) is 1. The number of hydrogen-bond donors (Lipinski definition) is 0. The van der Waals surface area contributed by atoms with Crippen LogP contribution in [0.3, 0.4) is 0 Å². The van der Waals surface area contributed by atoms with E-state index in [0.29, 0.717) is 40.2 Å². The highest BCUT2D eigenvalue weighted by molar-refractivity contribution is 7.14. The van der Waals surface area contributed by atoms with Crippen LogP contribution in [-0.4, -0.2) is 32.8 Å². The first-order valence-electron chi connectivity index (χ1n) is 8.58. The Morgan fingerprint density at radius 3 is 2.89 bits per heavy atom. The topological polar surface area (TPSA) is 93.9 Å². The number of rotatable bonds is 5. The van der Waals surface area contributed by atoms with Crippen LogP contribution in [0, 0.1) is 0 Å². The van der Waals surface area contributed by atoms with Crippen LogP contribution in [0.15, 0.2) is 34.6 Å². The fourth-order valence-electron chi connectivity index (χ4n) is 2.91. The lowest BCUT2D eigenvalue weighted by Crippen LogP contribution is -2.23. The van der Waals surface area contributed by atoms with Gasteiger partial charge in [-0.1, -0.05) is 11.6 Å². The van der Waals surface area contributed by atoms with E-state index in [1.807, 2.05) is 0 Å². The molecule has 0 saturated carbocycles. The molecule has 4 heterocycles. The number of aromatic nitrogens is 3. The van der Waals surface area contributed by atoms with E-state index in [9.17, 15) is 14.4 Å². The van der Waals surface area contributed by atoms with Crippen LogP contribution in [0.2, 0.25) is 5.02 Å². The van der Waals surface area contributed by atoms with Crippen LogP contribution < -0.4 is 10.5 Å². The molecule has 4 rings (SSSR count). The minimum atomic E-state index is -0.484. The number of esters is 1. The van der Waals surface area contributed by atoms with Gasteiger partial charge in [0.05, 0.1) is 22.8 Å². The van der Waals surface area contributed by atoms with E-state index in [1.165, 1.54) is 28.0 Å². The van der Waals surface area contributed by atoms with Gasteiger partial charge in [0.25, 0.3) is 5.56 Å². The van der Waals surface area contributed by atoms with Crippen molar-refractivity contribution in [2.45, 2.75) is 25.9 Å². The van der Waals surface area contributed by atoms with Crippen LogP contribution in [0.25, 0.3) is 5.65 Å². The van der Waals surface area contributed by atoms with Crippen molar-refractivity contribution in [3.63, 3.8) is 0 Å². The maximum Gasteiger partial charge on any atom is 0.312 e. The summed E-state index contributed by atoms with van der Waals surface area (Å²) in [6, 6.07) is 4.55. The van der Waals surface area contributed by atoms with Crippen molar-refractivity contribution in [1.29, 1.82) is 0 Å². The third-order valence-electron chi connectivity index (χ3n) is 4.23. The second kappa shape index (κ2) is 7.69. The number of carbonyl (C=O) groups excluding carboxylic acids is 2. The Morgan fingerprint density at radius 2 is 2.11 bits per heavy atom. The second-order valence-corrected chi connectivity index (χ2v) is 7.54. The van der Waals surface area contributed by atoms with E-state index >= 15 is 0 Å². The Morgan fingerprint density at radius 1 is 1.25 bits per heavy atom. The highest BCUT2D eigenvalue weighted by Crippen LogP contribution is 2.25. The molecule has 0 atom stereocenters. The zero-order chi connectivity index (χ0) is 19.7. The highest BCUT2D eigenvalue weighted by atomic mass is 35.5. The van der Waals surface area contributed by atoms with Crippen LogP contribution in [0.4, 0.5) is 5.13 Å². The van der Waals surface area contributed by atoms with E-state index in [-0.39, 0.29) is 24.5 Å². The molecule has 0 aromatic carbocycles. The quantitative estimate of drug-likeness (QED) is 0.590. The van der Waals surface area contributed by atoms with Gasteiger partial charge >= 0.3 is 5.97 Å². The van der Waals surface area contributed by atoms with Gasteiger partial charge in [-0.25, -0.2) is 9.97 Å². The van der Waals surface area contributed by atoms with Gasteiger partial charge in [-0.15, -0.1) is 11.3 Å². The van der Waals surface area contributed by atoms with Crippen molar-refractivity contribution in [1.82, 2.24) is 14.4 Å². The summed E-state index contributed by atoms with van der Waals surface area (Å²) in [7, 11) is 0. The maximum absolute atomic E-state index is 12.1. The zero-order valence-corrected chi connectivity index (χ0v) is 16.2. The smallest absolute Gasteiger partial charge is 0.312 e. The maximum atomic E-state index is 12.1. The van der Waals surface area contributed by atoms with Gasteiger partial charge in [0.15, 0.2) is 5.13 Å². The SMILES string of the molecule is O=C(Cc1csc(N2CCCC2=O)n1)OCc1cc(=O)n2cc(Cl)ccc2n1. The first-order chi connectivity index (χ1) is 13.5. The van der Waals surface area contributed by atoms with Crippen LogP contribution in [0.5, 0.6) is 0 Å². The van der Waals surface area contributed by atoms with Gasteiger partial charge in [0.2, 0.25) is 5.91 Å². The van der Waals surface area contributed by atoms with Gasteiger partial charge in [-0.2, -0.15) is 0 Å². The number of fused-ring (bicyclic) bond motifs is 1. The summed E-state index contributed by atoms with van der Waals surface area (Å²) in [5.74, 6) is -0.430. The summed E-state index contributed by atoms with van der Waals surface area (Å²) in [5.41, 5.74) is 1.01. The minimum absolute atomic E-state index is 0.0132. The molecule has 0 bridgehead atoms. The molecule has 144 valence electrons. The first-order valence-corrected chi connectivity index (χ1v) is 9.83. The van der Waals surface area contributed by atoms with E-state index in [2.05, 4.69) is 9.97 Å². The molecule has 1 amide bonds. The molecule has 1 aliphatic rings. The van der Waals surface area contributed by atoms with E-state index in [0.717, 1.165) is 6.42 Å². The molecule has 0 aliphatic carbocycles. The summed E-state index contributed by atoms with van der Waals surface area (Å²) < 4.78 is 6.55. The van der Waals surface area contributed by atoms with Gasteiger partial charge < -0.3 is 4.74 Å². The van der Waals surface area contributed by atoms with Crippen molar-refractivity contribution in [3.8, 4) is 0 Å². The van der Waals surface area contributed by atoms with Crippen molar-refractivity contribution in [3.05, 3.63) is 56.5 Å². The minimum Gasteiger partial charge on any atom is -0.459 e. The molecule has 0 N–H and O–H groups in total. The molecule has 3 aromatic heterocycles. The summed E-state index contributed by atoms with van der Waals surface area (Å²) in [4.78, 5) is 46.3. The lowest BCUT2D eigenvalue weighted by molar-refractivity contribution is -0.144. The average Bonchev–Trinajstić information content (AvgIpc) is 3.29. The summed E-state index contributed by atoms with van der Waals surface area (Å²) >= 11 is 7.21. The molecule has 0 radical (unpaired) electrons. The Hall–Kier alpha value is -2.78. The number of halogens is 1. The Bertz CT molecular complexity index is 1130. The van der Waals surface area contributed by atoms with Crippen LogP contribution in [-0.2, 0) is 27.4 Å². The average molecular weight is 419 g/mol. The number of hydrogen-bond acceptors (Lipinski definition) is 7. The Labute approximate surface area is 168 Å². The van der Waals surface area contributed by atoms with Crippen molar-refractivity contribution in [2.75, 3.05) is 11.4 Å². The monoisotopic (exact) mass is 418 g/mol. The summed E-state index contributed by atoms with van der Waals surface area (Å²) in [6.07, 6.45) is 2.82. The number of anilines is 1. The number of thiazole rings is 1. The predicted octanol–water partition coefficient (Wildman–Crippen LogP) is 2.22. The molecule has 1 aliphatic heterocycles. The number of nitrogens with zero attached hydrogens (tertiary/aromatic N) is 4. The third-order valence-corrected chi connectivity index (χ3v) is 5.36. The normalized spacial score (nSPS) is 14.0. The van der Waals surface area contributed by atoms with Gasteiger partial charge in [0, 0.05) is 30.6 Å². The summed E-state index contributed by atoms with van der Waals surface area (Å²) in [6.45, 7) is 0.541. The number of amides is 1. The van der Waals surface area contributed by atoms with E-state index in [4.69, 9.17) is 16.3 Å². The van der Waals surface area contributed by atoms with Gasteiger partial charge in [0.1, 0.15) is 12.3 Å². The molecular weight excluding hydrogens is 404 g/mol. The molecular formula is C18H15ClN4O4S. The molecule has 10 heteroatoms. The molecule has 0 spiro atoms. The standard InChI is InChI=1S/C18H15ClN4O4S/c19-11-3-4-14-20-12(6-16(25)23(14)8-11)9-27-17(26)7-13-10-28-18(21-13)22-5-1-2-15(22)24/h3-4,6,8,10H,1-2,5,7,9H2. The second-order valence-electron chi connectivity index (χ2n) is 6.27. The van der Waals surface area contributed by atoms with Crippen molar-refractivity contribution in [2.24, 2.45) is 0 Å². The van der Waals surface area contributed by atoms with Crippen LogP contribution in [0.1, 0.15) is 24.2 Å². The number of pyridine rings is 1. The molecule has 28 heavy (non-hydrogen) atoms. The van der Waals surface area contributed by atoms with Gasteiger partial charge in [-0.05, 0) is 18.6 Å². The van der Waals surface area contributed by atoms with E-state index in [1.54, 1.807) is 22.4 Å². The predicted molar refractivity (Wildman–Crippen MR) is 104 cm³/mol. The Balaban J connectivity index is 1.39. The van der Waals surface area contributed by atoms with Crippen LogP contribution >= 0.6 is 22.9 Å². The number of carbonyl (C=O) groups is 2. The third kappa shape index (κ3) is 3.90. The van der Waals surface area contributed by atoms with Crippen molar-refractivity contribution >= 4 is 45.6 Å². The lowest BCUT2D eigenvalue weighted by Gasteiger charge is -2.10.